The number of likely N-dealkylation sites (N-methyl/N-ethyl adjacent to an activating group) is 1. The van der Waals surface area contributed by atoms with Crippen molar-refractivity contribution in [1.82, 2.24) is 24.8 Å². The van der Waals surface area contributed by atoms with Gasteiger partial charge in [0, 0.05) is 43.7 Å². The molecule has 1 atom stereocenters. The fraction of sp³-hybridized carbons (Fsp3) is 0.455. The molecule has 7 nitrogen and oxygen atoms in total. The van der Waals surface area contributed by atoms with Crippen LogP contribution in [-0.2, 0) is 11.2 Å². The van der Waals surface area contributed by atoms with Crippen molar-refractivity contribution in [3.8, 4) is 0 Å². The molecule has 154 valence electrons. The molecule has 29 heavy (non-hydrogen) atoms. The van der Waals surface area contributed by atoms with Crippen molar-refractivity contribution in [2.45, 2.75) is 26.2 Å². The zero-order valence-corrected chi connectivity index (χ0v) is 17.5. The molecule has 0 aromatic carbocycles. The summed E-state index contributed by atoms with van der Waals surface area (Å²) in [6.07, 6.45) is 9.95. The van der Waals surface area contributed by atoms with E-state index in [0.29, 0.717) is 5.92 Å². The van der Waals surface area contributed by atoms with Crippen molar-refractivity contribution >= 4 is 17.5 Å². The van der Waals surface area contributed by atoms with Gasteiger partial charge in [0.15, 0.2) is 0 Å². The smallest absolute Gasteiger partial charge is 0.246 e. The Morgan fingerprint density at radius 1 is 1.34 bits per heavy atom. The molecule has 3 heterocycles. The Morgan fingerprint density at radius 3 is 3.00 bits per heavy atom. The second-order valence-electron chi connectivity index (χ2n) is 7.85. The quantitative estimate of drug-likeness (QED) is 0.728. The number of likely N-dealkylation sites (tertiary alicyclic amines) is 1. The molecule has 0 unspecified atom stereocenters. The molecule has 2 aromatic rings. The maximum absolute atomic E-state index is 12.4. The second kappa shape index (κ2) is 10.1. The highest BCUT2D eigenvalue weighted by molar-refractivity contribution is 5.87. The first-order valence-electron chi connectivity index (χ1n) is 10.1. The van der Waals surface area contributed by atoms with Crippen LogP contribution >= 0.6 is 0 Å². The summed E-state index contributed by atoms with van der Waals surface area (Å²) in [5.41, 5.74) is 2.05. The van der Waals surface area contributed by atoms with Crippen molar-refractivity contribution in [2.24, 2.45) is 5.92 Å². The van der Waals surface area contributed by atoms with E-state index in [1.54, 1.807) is 18.6 Å². The van der Waals surface area contributed by atoms with E-state index < -0.39 is 0 Å². The molecule has 0 spiro atoms. The number of hydrogen-bond acceptors (Lipinski definition) is 6. The highest BCUT2D eigenvalue weighted by atomic mass is 16.2. The lowest BCUT2D eigenvalue weighted by Crippen LogP contribution is -2.39. The normalized spacial score (nSPS) is 17.1. The molecule has 0 saturated carbocycles. The third kappa shape index (κ3) is 6.35. The van der Waals surface area contributed by atoms with Gasteiger partial charge in [0.2, 0.25) is 5.91 Å². The number of amides is 1. The number of nitrogens with zero attached hydrogens (tertiary/aromatic N) is 5. The van der Waals surface area contributed by atoms with Gasteiger partial charge in [-0.2, -0.15) is 0 Å². The molecule has 1 aliphatic rings. The molecular formula is C22H30N6O. The van der Waals surface area contributed by atoms with Crippen LogP contribution in [0.5, 0.6) is 0 Å². The largest absolute Gasteiger partial charge is 0.339 e. The standard InChI is InChI=1S/C22H30N6O/c1-17-7-4-10-23-22(17)26-20-14-19(24-16-25-20)13-18-8-5-12-28(15-18)21(29)9-6-11-27(2)3/h4,6-7,9-10,14,16,18H,5,8,11-13,15H2,1-3H3,(H,23,24,25,26)/b9-6+/t18-/m1/s1. The van der Waals surface area contributed by atoms with Gasteiger partial charge in [0.1, 0.15) is 18.0 Å². The topological polar surface area (TPSA) is 74.2 Å². The fourth-order valence-corrected chi connectivity index (χ4v) is 3.51. The van der Waals surface area contributed by atoms with E-state index in [0.717, 1.165) is 61.8 Å². The number of aromatic nitrogens is 3. The summed E-state index contributed by atoms with van der Waals surface area (Å²) < 4.78 is 0. The summed E-state index contributed by atoms with van der Waals surface area (Å²) in [6.45, 7) is 4.39. The number of carbonyl (C=O) groups is 1. The van der Waals surface area contributed by atoms with E-state index in [-0.39, 0.29) is 5.91 Å². The van der Waals surface area contributed by atoms with Crippen LogP contribution in [0.2, 0.25) is 0 Å². The van der Waals surface area contributed by atoms with E-state index in [1.165, 1.54) is 0 Å². The number of rotatable bonds is 7. The van der Waals surface area contributed by atoms with Crippen molar-refractivity contribution < 1.29 is 4.79 Å². The molecule has 1 fully saturated rings. The molecule has 0 aliphatic carbocycles. The summed E-state index contributed by atoms with van der Waals surface area (Å²) in [6, 6.07) is 5.90. The number of pyridine rings is 1. The maximum Gasteiger partial charge on any atom is 0.246 e. The van der Waals surface area contributed by atoms with Gasteiger partial charge in [-0.3, -0.25) is 4.79 Å². The van der Waals surface area contributed by atoms with Crippen molar-refractivity contribution in [1.29, 1.82) is 0 Å². The van der Waals surface area contributed by atoms with Gasteiger partial charge < -0.3 is 15.1 Å². The van der Waals surface area contributed by atoms with Gasteiger partial charge in [-0.25, -0.2) is 15.0 Å². The summed E-state index contributed by atoms with van der Waals surface area (Å²) in [4.78, 5) is 29.6. The Kier molecular flexibility index (Phi) is 7.30. The van der Waals surface area contributed by atoms with Crippen LogP contribution in [-0.4, -0.2) is 64.4 Å². The van der Waals surface area contributed by atoms with E-state index in [2.05, 4.69) is 20.3 Å². The lowest BCUT2D eigenvalue weighted by Gasteiger charge is -2.32. The maximum atomic E-state index is 12.4. The van der Waals surface area contributed by atoms with Crippen LogP contribution in [0.3, 0.4) is 0 Å². The molecule has 0 radical (unpaired) electrons. The third-order valence-corrected chi connectivity index (χ3v) is 5.04. The lowest BCUT2D eigenvalue weighted by atomic mass is 9.93. The van der Waals surface area contributed by atoms with Crippen LogP contribution in [0, 0.1) is 12.8 Å². The molecular weight excluding hydrogens is 364 g/mol. The van der Waals surface area contributed by atoms with Gasteiger partial charge >= 0.3 is 0 Å². The number of nitrogens with one attached hydrogen (secondary N) is 1. The van der Waals surface area contributed by atoms with Crippen molar-refractivity contribution in [3.63, 3.8) is 0 Å². The Morgan fingerprint density at radius 2 is 2.21 bits per heavy atom. The minimum absolute atomic E-state index is 0.104. The average Bonchev–Trinajstić information content (AvgIpc) is 2.70. The number of piperidine rings is 1. The van der Waals surface area contributed by atoms with E-state index in [9.17, 15) is 4.79 Å². The zero-order valence-electron chi connectivity index (χ0n) is 17.5. The molecule has 1 N–H and O–H groups in total. The van der Waals surface area contributed by atoms with Crippen molar-refractivity contribution in [3.05, 3.63) is 54.1 Å². The molecule has 0 bridgehead atoms. The van der Waals surface area contributed by atoms with Gasteiger partial charge in [-0.1, -0.05) is 12.1 Å². The zero-order chi connectivity index (χ0) is 20.6. The van der Waals surface area contributed by atoms with E-state index >= 15 is 0 Å². The Bertz CT molecular complexity index is 851. The summed E-state index contributed by atoms with van der Waals surface area (Å²) in [7, 11) is 3.98. The molecule has 1 aliphatic heterocycles. The van der Waals surface area contributed by atoms with Gasteiger partial charge in [-0.15, -0.1) is 0 Å². The highest BCUT2D eigenvalue weighted by Crippen LogP contribution is 2.22. The minimum Gasteiger partial charge on any atom is -0.339 e. The van der Waals surface area contributed by atoms with Crippen LogP contribution in [0.1, 0.15) is 24.1 Å². The molecule has 1 saturated heterocycles. The van der Waals surface area contributed by atoms with Crippen LogP contribution < -0.4 is 5.32 Å². The van der Waals surface area contributed by atoms with Gasteiger partial charge in [0.25, 0.3) is 0 Å². The van der Waals surface area contributed by atoms with E-state index in [1.807, 2.05) is 55.1 Å². The van der Waals surface area contributed by atoms with Crippen molar-refractivity contribution in [2.75, 3.05) is 39.0 Å². The van der Waals surface area contributed by atoms with Crippen LogP contribution in [0.15, 0.2) is 42.9 Å². The number of hydrogen-bond donors (Lipinski definition) is 1. The predicted octanol–water partition coefficient (Wildman–Crippen LogP) is 2.82. The first-order valence-corrected chi connectivity index (χ1v) is 10.1. The van der Waals surface area contributed by atoms with Gasteiger partial charge in [0.05, 0.1) is 0 Å². The molecule has 7 heteroatoms. The SMILES string of the molecule is Cc1cccnc1Nc1cc(C[C@H]2CCCN(C(=O)/C=C/CN(C)C)C2)ncn1. The monoisotopic (exact) mass is 394 g/mol. The Labute approximate surface area is 172 Å². The van der Waals surface area contributed by atoms with Crippen LogP contribution in [0.4, 0.5) is 11.6 Å². The number of carbonyl (C=O) groups excluding carboxylic acids is 1. The first kappa shape index (κ1) is 20.9. The molecule has 1 amide bonds. The first-order chi connectivity index (χ1) is 14.0. The second-order valence-corrected chi connectivity index (χ2v) is 7.85. The average molecular weight is 395 g/mol. The number of aryl methyl sites for hydroxylation is 1. The molecule has 3 rings (SSSR count). The number of anilines is 2. The summed E-state index contributed by atoms with van der Waals surface area (Å²) in [5.74, 6) is 2.06. The van der Waals surface area contributed by atoms with Crippen LogP contribution in [0.25, 0.3) is 0 Å². The van der Waals surface area contributed by atoms with Gasteiger partial charge in [-0.05, 0) is 57.8 Å². The van der Waals surface area contributed by atoms with E-state index in [4.69, 9.17) is 0 Å². The Balaban J connectivity index is 1.59. The summed E-state index contributed by atoms with van der Waals surface area (Å²) >= 11 is 0. The highest BCUT2D eigenvalue weighted by Gasteiger charge is 2.23. The third-order valence-electron chi connectivity index (χ3n) is 5.04. The fourth-order valence-electron chi connectivity index (χ4n) is 3.51. The molecule has 2 aromatic heterocycles. The summed E-state index contributed by atoms with van der Waals surface area (Å²) in [5, 5.41) is 3.27. The predicted molar refractivity (Wildman–Crippen MR) is 115 cm³/mol. The Hall–Kier alpha value is -2.80. The minimum atomic E-state index is 0.104. The lowest BCUT2D eigenvalue weighted by molar-refractivity contribution is -0.127.